The molecule has 0 aliphatic carbocycles. The number of hydrogen-bond donors (Lipinski definition) is 0. The van der Waals surface area contributed by atoms with Crippen molar-refractivity contribution in [3.8, 4) is 11.6 Å². The molecule has 8 heteroatoms. The number of halogens is 2. The van der Waals surface area contributed by atoms with Crippen LogP contribution >= 0.6 is 11.6 Å². The molecule has 1 amide bonds. The van der Waals surface area contributed by atoms with Crippen molar-refractivity contribution in [2.45, 2.75) is 19.9 Å². The molecule has 4 rings (SSSR count). The maximum Gasteiger partial charge on any atom is 0.254 e. The molecule has 0 radical (unpaired) electrons. The lowest BCUT2D eigenvalue weighted by Gasteiger charge is -2.40. The smallest absolute Gasteiger partial charge is 0.254 e. The second kappa shape index (κ2) is 8.89. The van der Waals surface area contributed by atoms with Crippen LogP contribution in [0.25, 0.3) is 0 Å². The number of rotatable bonds is 4. The Morgan fingerprint density at radius 2 is 1.90 bits per heavy atom. The standard InChI is InChI=1S/C23H22ClFN4O2/c1-15-3-5-17(6-4-15)23(30)29-10-9-28(13-16(29)2)21-12-22(27-14-26-21)31-20-8-7-18(24)11-19(20)25/h3-8,11-12,14,16H,9-10,13H2,1-2H3. The fraction of sp³-hybridized carbons (Fsp3) is 0.261. The third-order valence-corrected chi connectivity index (χ3v) is 5.48. The molecular weight excluding hydrogens is 419 g/mol. The molecule has 0 bridgehead atoms. The number of amides is 1. The summed E-state index contributed by atoms with van der Waals surface area (Å²) in [5, 5.41) is 0.292. The summed E-state index contributed by atoms with van der Waals surface area (Å²) in [7, 11) is 0. The number of ether oxygens (including phenoxy) is 1. The molecule has 1 aromatic heterocycles. The lowest BCUT2D eigenvalue weighted by Crippen LogP contribution is -2.54. The van der Waals surface area contributed by atoms with Crippen molar-refractivity contribution in [3.63, 3.8) is 0 Å². The van der Waals surface area contributed by atoms with Gasteiger partial charge in [0.1, 0.15) is 12.1 Å². The molecule has 1 aliphatic rings. The van der Waals surface area contributed by atoms with Crippen LogP contribution in [-0.2, 0) is 0 Å². The Hall–Kier alpha value is -3.19. The van der Waals surface area contributed by atoms with Crippen molar-refractivity contribution >= 4 is 23.3 Å². The van der Waals surface area contributed by atoms with Crippen LogP contribution in [-0.4, -0.2) is 46.5 Å². The minimum absolute atomic E-state index is 0.00408. The predicted octanol–water partition coefficient (Wildman–Crippen LogP) is 4.72. The average molecular weight is 441 g/mol. The Bertz CT molecular complexity index is 1090. The Balaban J connectivity index is 1.45. The highest BCUT2D eigenvalue weighted by Gasteiger charge is 2.29. The zero-order valence-corrected chi connectivity index (χ0v) is 18.0. The largest absolute Gasteiger partial charge is 0.436 e. The van der Waals surface area contributed by atoms with Crippen molar-refractivity contribution in [3.05, 3.63) is 76.8 Å². The number of nitrogens with zero attached hydrogens (tertiary/aromatic N) is 4. The number of piperazine rings is 1. The van der Waals surface area contributed by atoms with Gasteiger partial charge in [0, 0.05) is 42.3 Å². The molecule has 1 atom stereocenters. The van der Waals surface area contributed by atoms with Gasteiger partial charge in [0.2, 0.25) is 5.88 Å². The van der Waals surface area contributed by atoms with E-state index in [0.717, 1.165) is 5.56 Å². The van der Waals surface area contributed by atoms with E-state index in [-0.39, 0.29) is 23.6 Å². The zero-order valence-electron chi connectivity index (χ0n) is 17.3. The molecule has 0 saturated carbocycles. The van der Waals surface area contributed by atoms with Crippen LogP contribution in [0, 0.1) is 12.7 Å². The fourth-order valence-electron chi connectivity index (χ4n) is 3.56. The first-order valence-electron chi connectivity index (χ1n) is 9.98. The van der Waals surface area contributed by atoms with E-state index >= 15 is 0 Å². The van der Waals surface area contributed by atoms with Gasteiger partial charge in [-0.15, -0.1) is 0 Å². The first-order valence-corrected chi connectivity index (χ1v) is 10.4. The van der Waals surface area contributed by atoms with E-state index in [9.17, 15) is 9.18 Å². The zero-order chi connectivity index (χ0) is 22.0. The Kier molecular flexibility index (Phi) is 6.04. The summed E-state index contributed by atoms with van der Waals surface area (Å²) in [6, 6.07) is 13.5. The number of carbonyl (C=O) groups excluding carboxylic acids is 1. The number of benzene rings is 2. The summed E-state index contributed by atoms with van der Waals surface area (Å²) < 4.78 is 19.6. The first kappa shape index (κ1) is 21.1. The van der Waals surface area contributed by atoms with Crippen LogP contribution in [0.4, 0.5) is 10.2 Å². The Morgan fingerprint density at radius 3 is 2.61 bits per heavy atom. The maximum absolute atomic E-state index is 14.0. The van der Waals surface area contributed by atoms with Gasteiger partial charge in [-0.25, -0.2) is 14.4 Å². The van der Waals surface area contributed by atoms with Crippen LogP contribution in [0.15, 0.2) is 54.9 Å². The van der Waals surface area contributed by atoms with Gasteiger partial charge >= 0.3 is 0 Å². The van der Waals surface area contributed by atoms with Gasteiger partial charge in [-0.3, -0.25) is 4.79 Å². The molecule has 0 spiro atoms. The minimum atomic E-state index is -0.565. The third kappa shape index (κ3) is 4.77. The maximum atomic E-state index is 14.0. The van der Waals surface area contributed by atoms with Gasteiger partial charge in [0.25, 0.3) is 5.91 Å². The molecular formula is C23H22ClFN4O2. The SMILES string of the molecule is Cc1ccc(C(=O)N2CCN(c3cc(Oc4ccc(Cl)cc4F)ncn3)CC2C)cc1. The van der Waals surface area contributed by atoms with Gasteiger partial charge < -0.3 is 14.5 Å². The first-order chi connectivity index (χ1) is 14.9. The van der Waals surface area contributed by atoms with Crippen LogP contribution in [0.5, 0.6) is 11.6 Å². The van der Waals surface area contributed by atoms with Crippen molar-refractivity contribution in [2.75, 3.05) is 24.5 Å². The number of carbonyl (C=O) groups is 1. The lowest BCUT2D eigenvalue weighted by atomic mass is 10.1. The molecule has 2 heterocycles. The van der Waals surface area contributed by atoms with E-state index < -0.39 is 5.82 Å². The summed E-state index contributed by atoms with van der Waals surface area (Å²) in [5.74, 6) is 0.392. The molecule has 1 aliphatic heterocycles. The summed E-state index contributed by atoms with van der Waals surface area (Å²) in [4.78, 5) is 25.2. The van der Waals surface area contributed by atoms with Gasteiger partial charge in [-0.05, 0) is 44.2 Å². The summed E-state index contributed by atoms with van der Waals surface area (Å²) in [5.41, 5.74) is 1.81. The van der Waals surface area contributed by atoms with Crippen molar-refractivity contribution in [1.82, 2.24) is 14.9 Å². The molecule has 3 aromatic rings. The lowest BCUT2D eigenvalue weighted by molar-refractivity contribution is 0.0673. The van der Waals surface area contributed by atoms with Crippen LogP contribution in [0.3, 0.4) is 0 Å². The second-order valence-corrected chi connectivity index (χ2v) is 7.99. The molecule has 1 unspecified atom stereocenters. The molecule has 0 N–H and O–H groups in total. The predicted molar refractivity (Wildman–Crippen MR) is 117 cm³/mol. The Labute approximate surface area is 185 Å². The quantitative estimate of drug-likeness (QED) is 0.587. The highest BCUT2D eigenvalue weighted by Crippen LogP contribution is 2.27. The van der Waals surface area contributed by atoms with Crippen LogP contribution in [0.1, 0.15) is 22.8 Å². The molecule has 1 saturated heterocycles. The minimum Gasteiger partial charge on any atom is -0.436 e. The van der Waals surface area contributed by atoms with E-state index in [1.165, 1.54) is 18.5 Å². The van der Waals surface area contributed by atoms with Gasteiger partial charge in [0.15, 0.2) is 11.6 Å². The van der Waals surface area contributed by atoms with Crippen molar-refractivity contribution in [2.24, 2.45) is 0 Å². The average Bonchev–Trinajstić information content (AvgIpc) is 2.76. The number of anilines is 1. The molecule has 1 fully saturated rings. The van der Waals surface area contributed by atoms with Crippen molar-refractivity contribution < 1.29 is 13.9 Å². The van der Waals surface area contributed by atoms with Gasteiger partial charge in [-0.2, -0.15) is 0 Å². The molecule has 2 aromatic carbocycles. The summed E-state index contributed by atoms with van der Waals surface area (Å²) in [6.07, 6.45) is 1.38. The second-order valence-electron chi connectivity index (χ2n) is 7.55. The normalized spacial score (nSPS) is 16.3. The summed E-state index contributed by atoms with van der Waals surface area (Å²) in [6.45, 7) is 5.81. The number of aryl methyl sites for hydroxylation is 1. The van der Waals surface area contributed by atoms with Gasteiger partial charge in [0.05, 0.1) is 0 Å². The molecule has 31 heavy (non-hydrogen) atoms. The third-order valence-electron chi connectivity index (χ3n) is 5.25. The topological polar surface area (TPSA) is 58.6 Å². The monoisotopic (exact) mass is 440 g/mol. The Morgan fingerprint density at radius 1 is 1.13 bits per heavy atom. The van der Waals surface area contributed by atoms with Gasteiger partial charge in [-0.1, -0.05) is 29.3 Å². The van der Waals surface area contributed by atoms with Crippen LogP contribution < -0.4 is 9.64 Å². The highest BCUT2D eigenvalue weighted by atomic mass is 35.5. The number of aromatic nitrogens is 2. The van der Waals surface area contributed by atoms with Crippen molar-refractivity contribution in [1.29, 1.82) is 0 Å². The summed E-state index contributed by atoms with van der Waals surface area (Å²) >= 11 is 5.78. The fourth-order valence-corrected chi connectivity index (χ4v) is 3.72. The van der Waals surface area contributed by atoms with E-state index in [1.807, 2.05) is 43.0 Å². The highest BCUT2D eigenvalue weighted by molar-refractivity contribution is 6.30. The molecule has 6 nitrogen and oxygen atoms in total. The van der Waals surface area contributed by atoms with E-state index in [0.29, 0.717) is 36.0 Å². The van der Waals surface area contributed by atoms with E-state index in [2.05, 4.69) is 14.9 Å². The number of hydrogen-bond acceptors (Lipinski definition) is 5. The van der Waals surface area contributed by atoms with E-state index in [4.69, 9.17) is 16.3 Å². The molecule has 160 valence electrons. The van der Waals surface area contributed by atoms with Crippen LogP contribution in [0.2, 0.25) is 5.02 Å². The van der Waals surface area contributed by atoms with E-state index in [1.54, 1.807) is 12.1 Å².